The van der Waals surface area contributed by atoms with Crippen LogP contribution in [0.15, 0.2) is 65.7 Å². The van der Waals surface area contributed by atoms with Crippen molar-refractivity contribution in [3.8, 4) is 0 Å². The molecule has 6 nitrogen and oxygen atoms in total. The van der Waals surface area contributed by atoms with Crippen molar-refractivity contribution in [1.29, 1.82) is 0 Å². The van der Waals surface area contributed by atoms with Crippen LogP contribution in [-0.2, 0) is 16.6 Å². The molecule has 0 aliphatic heterocycles. The summed E-state index contributed by atoms with van der Waals surface area (Å²) in [6.07, 6.45) is 1.39. The van der Waals surface area contributed by atoms with Gasteiger partial charge in [0.2, 0.25) is 10.0 Å². The molecule has 0 amide bonds. The highest BCUT2D eigenvalue weighted by Crippen LogP contribution is 2.12. The van der Waals surface area contributed by atoms with E-state index >= 15 is 0 Å². The van der Waals surface area contributed by atoms with Gasteiger partial charge in [-0.3, -0.25) is 9.36 Å². The maximum atomic E-state index is 12.4. The van der Waals surface area contributed by atoms with Crippen LogP contribution in [0, 0.1) is 0 Å². The molecule has 1 heterocycles. The molecule has 1 N–H and O–H groups in total. The maximum Gasteiger partial charge on any atom is 0.261 e. The average Bonchev–Trinajstić information content (AvgIpc) is 2.62. The fraction of sp³-hybridized carbons (Fsp3) is 0.222. The number of hydrogen-bond donors (Lipinski definition) is 1. The molecule has 25 heavy (non-hydrogen) atoms. The minimum atomic E-state index is -3.53. The van der Waals surface area contributed by atoms with Crippen LogP contribution >= 0.6 is 0 Å². The van der Waals surface area contributed by atoms with Crippen LogP contribution in [0.5, 0.6) is 0 Å². The molecule has 0 bridgehead atoms. The number of hydrogen-bond acceptors (Lipinski definition) is 4. The summed E-state index contributed by atoms with van der Waals surface area (Å²) in [4.78, 5) is 16.6. The predicted molar refractivity (Wildman–Crippen MR) is 97.8 cm³/mol. The second-order valence-electron chi connectivity index (χ2n) is 5.83. The molecule has 0 spiro atoms. The van der Waals surface area contributed by atoms with Crippen LogP contribution in [-0.4, -0.2) is 23.7 Å². The number of fused-ring (bicyclic) bond motifs is 1. The lowest BCUT2D eigenvalue weighted by molar-refractivity contribution is 0.559. The standard InChI is InChI=1S/C18H19N3O3S/c1-14(15-7-3-2-4-8-15)20-25(23,24)12-11-21-13-19-17-10-6-5-9-16(17)18(21)22/h2-10,13-14,20H,11-12H2,1H3/t14-/m0/s1. The molecule has 130 valence electrons. The zero-order chi connectivity index (χ0) is 17.9. The third-order valence-electron chi connectivity index (χ3n) is 3.99. The molecule has 3 aromatic rings. The van der Waals surface area contributed by atoms with Crippen LogP contribution in [0.2, 0.25) is 0 Å². The minimum Gasteiger partial charge on any atom is -0.298 e. The molecule has 0 aliphatic rings. The van der Waals surface area contributed by atoms with E-state index in [2.05, 4.69) is 9.71 Å². The zero-order valence-electron chi connectivity index (χ0n) is 13.8. The molecular formula is C18H19N3O3S. The number of aryl methyl sites for hydroxylation is 1. The fourth-order valence-corrected chi connectivity index (χ4v) is 3.85. The Morgan fingerprint density at radius 2 is 1.76 bits per heavy atom. The molecule has 0 fully saturated rings. The number of aromatic nitrogens is 2. The van der Waals surface area contributed by atoms with Gasteiger partial charge in [0.25, 0.3) is 5.56 Å². The minimum absolute atomic E-state index is 0.0491. The van der Waals surface area contributed by atoms with Crippen molar-refractivity contribution in [2.75, 3.05) is 5.75 Å². The van der Waals surface area contributed by atoms with E-state index in [0.717, 1.165) is 5.56 Å². The van der Waals surface area contributed by atoms with Gasteiger partial charge >= 0.3 is 0 Å². The summed E-state index contributed by atoms with van der Waals surface area (Å²) in [6, 6.07) is 16.0. The number of nitrogens with one attached hydrogen (secondary N) is 1. The third-order valence-corrected chi connectivity index (χ3v) is 5.42. The van der Waals surface area contributed by atoms with E-state index < -0.39 is 10.0 Å². The molecule has 0 radical (unpaired) electrons. The molecule has 1 aromatic heterocycles. The molecule has 7 heteroatoms. The topological polar surface area (TPSA) is 81.1 Å². The zero-order valence-corrected chi connectivity index (χ0v) is 14.6. The summed E-state index contributed by atoms with van der Waals surface area (Å²) in [5, 5.41) is 0.480. The Balaban J connectivity index is 1.72. The lowest BCUT2D eigenvalue weighted by Crippen LogP contribution is -2.32. The molecule has 3 rings (SSSR count). The van der Waals surface area contributed by atoms with Gasteiger partial charge in [-0.25, -0.2) is 18.1 Å². The number of nitrogens with zero attached hydrogens (tertiary/aromatic N) is 2. The van der Waals surface area contributed by atoms with Crippen LogP contribution in [0.1, 0.15) is 18.5 Å². The summed E-state index contributed by atoms with van der Waals surface area (Å²) in [5.41, 5.74) is 1.25. The van der Waals surface area contributed by atoms with Crippen LogP contribution in [0.3, 0.4) is 0 Å². The van der Waals surface area contributed by atoms with E-state index in [4.69, 9.17) is 0 Å². The van der Waals surface area contributed by atoms with E-state index in [-0.39, 0.29) is 23.9 Å². The maximum absolute atomic E-state index is 12.4. The predicted octanol–water partition coefficient (Wildman–Crippen LogP) is 2.08. The van der Waals surface area contributed by atoms with E-state index in [1.54, 1.807) is 31.2 Å². The van der Waals surface area contributed by atoms with E-state index in [9.17, 15) is 13.2 Å². The van der Waals surface area contributed by atoms with Crippen LogP contribution in [0.4, 0.5) is 0 Å². The first-order valence-electron chi connectivity index (χ1n) is 7.95. The fourth-order valence-electron chi connectivity index (χ4n) is 2.62. The summed E-state index contributed by atoms with van der Waals surface area (Å²) in [5.74, 6) is -0.190. The van der Waals surface area contributed by atoms with Gasteiger partial charge in [-0.15, -0.1) is 0 Å². The number of benzene rings is 2. The van der Waals surface area contributed by atoms with Crippen molar-refractivity contribution in [1.82, 2.24) is 14.3 Å². The Morgan fingerprint density at radius 3 is 2.52 bits per heavy atom. The summed E-state index contributed by atoms with van der Waals surface area (Å²) >= 11 is 0. The second kappa shape index (κ2) is 7.16. The SMILES string of the molecule is C[C@H](NS(=O)(=O)CCn1cnc2ccccc2c1=O)c1ccccc1. The molecule has 0 unspecified atom stereocenters. The molecule has 2 aromatic carbocycles. The summed E-state index contributed by atoms with van der Waals surface area (Å²) in [7, 11) is -3.53. The number of sulfonamides is 1. The molecular weight excluding hydrogens is 338 g/mol. The normalized spacial score (nSPS) is 13.0. The van der Waals surface area contributed by atoms with Gasteiger partial charge < -0.3 is 0 Å². The quantitative estimate of drug-likeness (QED) is 0.732. The summed E-state index contributed by atoms with van der Waals surface area (Å²) < 4.78 is 28.6. The largest absolute Gasteiger partial charge is 0.298 e. The van der Waals surface area contributed by atoms with Gasteiger partial charge in [-0.1, -0.05) is 42.5 Å². The van der Waals surface area contributed by atoms with Crippen molar-refractivity contribution in [3.05, 3.63) is 76.8 Å². The average molecular weight is 357 g/mol. The molecule has 0 saturated carbocycles. The van der Waals surface area contributed by atoms with Crippen molar-refractivity contribution < 1.29 is 8.42 Å². The van der Waals surface area contributed by atoms with Crippen LogP contribution < -0.4 is 10.3 Å². The molecule has 1 atom stereocenters. The first-order chi connectivity index (χ1) is 12.0. The highest BCUT2D eigenvalue weighted by atomic mass is 32.2. The Hall–Kier alpha value is -2.51. The van der Waals surface area contributed by atoms with Crippen LogP contribution in [0.25, 0.3) is 10.9 Å². The highest BCUT2D eigenvalue weighted by molar-refractivity contribution is 7.89. The molecule has 0 saturated heterocycles. The van der Waals surface area contributed by atoms with Crippen molar-refractivity contribution >= 4 is 20.9 Å². The second-order valence-corrected chi connectivity index (χ2v) is 7.70. The number of para-hydroxylation sites is 1. The highest BCUT2D eigenvalue weighted by Gasteiger charge is 2.16. The van der Waals surface area contributed by atoms with Gasteiger partial charge in [-0.2, -0.15) is 0 Å². The lowest BCUT2D eigenvalue weighted by Gasteiger charge is -2.15. The van der Waals surface area contributed by atoms with Gasteiger partial charge in [0.05, 0.1) is 23.0 Å². The van der Waals surface area contributed by atoms with E-state index in [0.29, 0.717) is 10.9 Å². The monoisotopic (exact) mass is 357 g/mol. The first-order valence-corrected chi connectivity index (χ1v) is 9.61. The van der Waals surface area contributed by atoms with Gasteiger partial charge in [0.15, 0.2) is 0 Å². The lowest BCUT2D eigenvalue weighted by atomic mass is 10.1. The Morgan fingerprint density at radius 1 is 1.08 bits per heavy atom. The smallest absolute Gasteiger partial charge is 0.261 e. The number of rotatable bonds is 6. The third kappa shape index (κ3) is 4.12. The Bertz CT molecular complexity index is 1030. The van der Waals surface area contributed by atoms with Gasteiger partial charge in [0.1, 0.15) is 0 Å². The van der Waals surface area contributed by atoms with Crippen molar-refractivity contribution in [3.63, 3.8) is 0 Å². The first kappa shape index (κ1) is 17.3. The van der Waals surface area contributed by atoms with E-state index in [1.807, 2.05) is 30.3 Å². The van der Waals surface area contributed by atoms with E-state index in [1.165, 1.54) is 10.9 Å². The molecule has 0 aliphatic carbocycles. The summed E-state index contributed by atoms with van der Waals surface area (Å²) in [6.45, 7) is 1.84. The Labute approximate surface area is 146 Å². The Kier molecular flexibility index (Phi) is 4.96. The van der Waals surface area contributed by atoms with Gasteiger partial charge in [0, 0.05) is 12.6 Å². The van der Waals surface area contributed by atoms with Crippen molar-refractivity contribution in [2.45, 2.75) is 19.5 Å². The van der Waals surface area contributed by atoms with Gasteiger partial charge in [-0.05, 0) is 24.6 Å². The van der Waals surface area contributed by atoms with Crippen molar-refractivity contribution in [2.24, 2.45) is 0 Å².